The molecule has 1 nitrogen and oxygen atoms in total. The molecule has 0 saturated heterocycles. The van der Waals surface area contributed by atoms with Crippen LogP contribution in [0.1, 0.15) is 35.1 Å². The van der Waals surface area contributed by atoms with Gasteiger partial charge in [-0.1, -0.05) is 30.6 Å². The van der Waals surface area contributed by atoms with Crippen molar-refractivity contribution in [1.82, 2.24) is 0 Å². The maximum absolute atomic E-state index is 14.0. The summed E-state index contributed by atoms with van der Waals surface area (Å²) >= 11 is 7.63. The molecule has 4 rings (SSSR count). The van der Waals surface area contributed by atoms with E-state index in [0.717, 1.165) is 50.2 Å². The Hall–Kier alpha value is -2.86. The van der Waals surface area contributed by atoms with Gasteiger partial charge < -0.3 is 0 Å². The normalized spacial score (nSPS) is 10.2. The Kier molecular flexibility index (Phi) is 6.04. The fourth-order valence-corrected chi connectivity index (χ4v) is 4.90. The van der Waals surface area contributed by atoms with Gasteiger partial charge in [0.2, 0.25) is 0 Å². The van der Waals surface area contributed by atoms with Crippen LogP contribution in [0.5, 0.6) is 0 Å². The van der Waals surface area contributed by atoms with E-state index in [1.807, 2.05) is 11.2 Å². The van der Waals surface area contributed by atoms with Crippen LogP contribution in [-0.4, -0.2) is 5.16 Å². The molecule has 0 aliphatic carbocycles. The van der Waals surface area contributed by atoms with Gasteiger partial charge in [0, 0.05) is 21.4 Å². The van der Waals surface area contributed by atoms with Crippen molar-refractivity contribution >= 4 is 65.9 Å². The van der Waals surface area contributed by atoms with E-state index < -0.39 is 17.3 Å². The largest absolute Gasteiger partial charge is 0.204 e. The summed E-state index contributed by atoms with van der Waals surface area (Å²) in [5.41, 5.74) is -0.210. The highest BCUT2D eigenvalue weighted by Gasteiger charge is 2.10. The maximum atomic E-state index is 14.0. The summed E-state index contributed by atoms with van der Waals surface area (Å²) in [5.74, 6) is 10.6. The van der Waals surface area contributed by atoms with E-state index in [-0.39, 0.29) is 5.56 Å². The summed E-state index contributed by atoms with van der Waals surface area (Å²) < 4.78 is 30.2. The van der Waals surface area contributed by atoms with Gasteiger partial charge in [-0.2, -0.15) is 4.99 Å². The third-order valence-electron chi connectivity index (χ3n) is 4.25. The summed E-state index contributed by atoms with van der Waals surface area (Å²) in [5, 5.41) is 4.23. The van der Waals surface area contributed by atoms with Crippen molar-refractivity contribution < 1.29 is 8.78 Å². The van der Waals surface area contributed by atoms with Crippen molar-refractivity contribution in [3.63, 3.8) is 0 Å². The second-order valence-electron chi connectivity index (χ2n) is 6.44. The van der Waals surface area contributed by atoms with Crippen molar-refractivity contribution in [2.24, 2.45) is 4.99 Å². The van der Waals surface area contributed by atoms with Gasteiger partial charge in [0.15, 0.2) is 11.6 Å². The van der Waals surface area contributed by atoms with Crippen molar-refractivity contribution in [3.05, 3.63) is 63.4 Å². The monoisotopic (exact) mass is 449 g/mol. The fraction of sp³-hybridized carbons (Fsp3) is 0.125. The molecule has 0 N–H and O–H groups in total. The molecule has 0 radical (unpaired) electrons. The molecule has 0 saturated carbocycles. The van der Waals surface area contributed by atoms with Crippen LogP contribution in [0.25, 0.3) is 20.2 Å². The number of rotatable bonds is 2. The lowest BCUT2D eigenvalue weighted by Gasteiger charge is -1.98. The standard InChI is InChI=1S/C24H13F2NS3/c1-2-3-4-5-18-10-16-12-23-17(13-22(16)29-18)11-19(30-23)7-6-15-8-20(25)24(27-14-28)21(26)9-15/h8-13H,2-3H2,1H3. The molecule has 0 amide bonds. The molecule has 6 heteroatoms. The molecule has 0 bridgehead atoms. The zero-order chi connectivity index (χ0) is 21.1. The van der Waals surface area contributed by atoms with E-state index in [9.17, 15) is 8.78 Å². The van der Waals surface area contributed by atoms with Gasteiger partial charge in [-0.15, -0.1) is 22.7 Å². The quantitative estimate of drug-likeness (QED) is 0.174. The van der Waals surface area contributed by atoms with Gasteiger partial charge in [0.25, 0.3) is 0 Å². The Morgan fingerprint density at radius 2 is 1.47 bits per heavy atom. The Labute approximate surface area is 186 Å². The molecule has 0 unspecified atom stereocenters. The predicted molar refractivity (Wildman–Crippen MR) is 126 cm³/mol. The lowest BCUT2D eigenvalue weighted by Crippen LogP contribution is -1.86. The Balaban J connectivity index is 1.65. The van der Waals surface area contributed by atoms with Gasteiger partial charge in [0.05, 0.1) is 14.9 Å². The zero-order valence-corrected chi connectivity index (χ0v) is 18.3. The maximum Gasteiger partial charge on any atom is 0.153 e. The van der Waals surface area contributed by atoms with Crippen LogP contribution in [0.3, 0.4) is 0 Å². The van der Waals surface area contributed by atoms with Crippen LogP contribution in [0.2, 0.25) is 0 Å². The molecule has 0 aliphatic rings. The van der Waals surface area contributed by atoms with E-state index in [1.165, 1.54) is 4.70 Å². The number of hydrogen-bond donors (Lipinski definition) is 0. The van der Waals surface area contributed by atoms with Gasteiger partial charge in [-0.25, -0.2) is 8.78 Å². The van der Waals surface area contributed by atoms with Gasteiger partial charge in [-0.3, -0.25) is 0 Å². The number of thiocarbonyl (C=S) groups is 1. The molecule has 2 aromatic heterocycles. The molecule has 0 aliphatic heterocycles. The van der Waals surface area contributed by atoms with Crippen LogP contribution >= 0.6 is 34.9 Å². The van der Waals surface area contributed by atoms with E-state index in [1.54, 1.807) is 22.7 Å². The first kappa shape index (κ1) is 20.4. The van der Waals surface area contributed by atoms with Gasteiger partial charge >= 0.3 is 0 Å². The first-order valence-electron chi connectivity index (χ1n) is 9.12. The number of isothiocyanates is 1. The van der Waals surface area contributed by atoms with Crippen LogP contribution in [0, 0.1) is 35.3 Å². The topological polar surface area (TPSA) is 12.4 Å². The van der Waals surface area contributed by atoms with Crippen LogP contribution in [0.4, 0.5) is 14.5 Å². The Morgan fingerprint density at radius 1 is 0.867 bits per heavy atom. The lowest BCUT2D eigenvalue weighted by molar-refractivity contribution is 0.587. The van der Waals surface area contributed by atoms with Crippen LogP contribution in [-0.2, 0) is 0 Å². The van der Waals surface area contributed by atoms with Crippen LogP contribution in [0.15, 0.2) is 41.4 Å². The number of aliphatic imine (C=N–C) groups is 1. The number of fused-ring (bicyclic) bond motifs is 2. The predicted octanol–water partition coefficient (Wildman–Crippen LogP) is 7.68. The summed E-state index contributed by atoms with van der Waals surface area (Å²) in [6.07, 6.45) is 1.96. The SMILES string of the molecule is CCCC#Cc1cc2cc3sc(C#Cc4cc(F)c(N=C=S)c(F)c4)cc3cc2s1. The average Bonchev–Trinajstić information content (AvgIpc) is 3.29. The molecule has 146 valence electrons. The number of unbranched alkanes of at least 4 members (excludes halogenated alkanes) is 1. The molecular formula is C24H13F2NS3. The number of nitrogens with zero attached hydrogens (tertiary/aromatic N) is 1. The second kappa shape index (κ2) is 8.88. The first-order chi connectivity index (χ1) is 14.6. The highest BCUT2D eigenvalue weighted by Crippen LogP contribution is 2.34. The minimum atomic E-state index is -0.814. The molecule has 0 atom stereocenters. The second-order valence-corrected chi connectivity index (χ2v) is 8.79. The van der Waals surface area contributed by atoms with Crippen molar-refractivity contribution in [1.29, 1.82) is 0 Å². The van der Waals surface area contributed by atoms with Crippen molar-refractivity contribution in [2.45, 2.75) is 19.8 Å². The minimum absolute atomic E-state index is 0.238. The van der Waals surface area contributed by atoms with Gasteiger partial charge in [0.1, 0.15) is 5.69 Å². The third-order valence-corrected chi connectivity index (χ3v) is 6.36. The van der Waals surface area contributed by atoms with Gasteiger partial charge in [-0.05, 0) is 65.8 Å². The average molecular weight is 450 g/mol. The fourth-order valence-electron chi connectivity index (χ4n) is 2.89. The highest BCUT2D eigenvalue weighted by atomic mass is 32.1. The number of benzene rings is 2. The number of thiophene rings is 2. The smallest absolute Gasteiger partial charge is 0.153 e. The molecular weight excluding hydrogens is 436 g/mol. The minimum Gasteiger partial charge on any atom is -0.204 e. The number of hydrogen-bond acceptors (Lipinski definition) is 4. The van der Waals surface area contributed by atoms with Crippen molar-refractivity contribution in [3.8, 4) is 23.7 Å². The van der Waals surface area contributed by atoms with E-state index in [4.69, 9.17) is 0 Å². The Bertz CT molecular complexity index is 1370. The summed E-state index contributed by atoms with van der Waals surface area (Å²) in [4.78, 5) is 5.30. The number of halogens is 2. The highest BCUT2D eigenvalue weighted by molar-refractivity contribution is 7.78. The molecule has 0 fully saturated rings. The molecule has 4 aromatic rings. The lowest BCUT2D eigenvalue weighted by atomic mass is 10.2. The van der Waals surface area contributed by atoms with E-state index in [2.05, 4.69) is 66.0 Å². The Morgan fingerprint density at radius 3 is 2.03 bits per heavy atom. The third kappa shape index (κ3) is 4.33. The molecule has 2 heterocycles. The first-order valence-corrected chi connectivity index (χ1v) is 11.2. The molecule has 0 spiro atoms. The molecule has 2 aromatic carbocycles. The van der Waals surface area contributed by atoms with Crippen LogP contribution < -0.4 is 0 Å². The van der Waals surface area contributed by atoms with E-state index in [0.29, 0.717) is 0 Å². The van der Waals surface area contributed by atoms with Crippen molar-refractivity contribution in [2.75, 3.05) is 0 Å². The summed E-state index contributed by atoms with van der Waals surface area (Å²) in [6.45, 7) is 2.12. The molecule has 30 heavy (non-hydrogen) atoms. The summed E-state index contributed by atoms with van der Waals surface area (Å²) in [6, 6.07) is 10.7. The zero-order valence-electron chi connectivity index (χ0n) is 15.8. The summed E-state index contributed by atoms with van der Waals surface area (Å²) in [7, 11) is 0. The van der Waals surface area contributed by atoms with E-state index >= 15 is 0 Å².